The van der Waals surface area contributed by atoms with Crippen molar-refractivity contribution >= 4 is 0 Å². The fraction of sp³-hybridized carbons (Fsp3) is 0. The Morgan fingerprint density at radius 2 is 0.600 bits per heavy atom. The van der Waals surface area contributed by atoms with Crippen LogP contribution in [-0.4, -0.2) is 0 Å². The van der Waals surface area contributed by atoms with E-state index in [-0.39, 0.29) is 130 Å². The van der Waals surface area contributed by atoms with Gasteiger partial charge in [-0.25, -0.2) is 0 Å². The molecule has 0 saturated heterocycles. The van der Waals surface area contributed by atoms with E-state index < -0.39 is 0 Å². The van der Waals surface area contributed by atoms with Gasteiger partial charge in [-0.05, 0) is 0 Å². The van der Waals surface area contributed by atoms with Crippen LogP contribution in [0.3, 0.4) is 0 Å². The predicted octanol–water partition coefficient (Wildman–Crippen LogP) is -11.4. The quantitative estimate of drug-likeness (QED) is 0.311. The van der Waals surface area contributed by atoms with Crippen LogP contribution in [0.1, 0.15) is 5.71 Å². The summed E-state index contributed by atoms with van der Waals surface area (Å²) in [6.07, 6.45) is 0. The van der Waals surface area contributed by atoms with E-state index in [2.05, 4.69) is 0 Å². The Morgan fingerprint density at radius 3 is 0.600 bits per heavy atom. The molecule has 0 aliphatic carbocycles. The monoisotopic (exact) mass is 113 g/mol. The first-order valence-corrected chi connectivity index (χ1v) is 0. The molecule has 0 radical (unpaired) electrons. The van der Waals surface area contributed by atoms with Crippen LogP contribution in [0.5, 0.6) is 0 Å². The molecule has 0 heterocycles. The van der Waals surface area contributed by atoms with E-state index in [4.69, 9.17) is 0 Å². The van der Waals surface area contributed by atoms with E-state index in [1.54, 1.807) is 0 Å². The zero-order valence-electron chi connectivity index (χ0n) is 8.71. The molecule has 0 fully saturated rings. The Balaban J connectivity index is 0. The van der Waals surface area contributed by atoms with Crippen molar-refractivity contribution in [1.82, 2.24) is 6.15 Å². The Kier molecular flexibility index (Phi) is 178. The summed E-state index contributed by atoms with van der Waals surface area (Å²) in [7, 11) is 0. The van der Waals surface area contributed by atoms with Crippen molar-refractivity contribution in [2.75, 3.05) is 0 Å². The van der Waals surface area contributed by atoms with Crippen molar-refractivity contribution in [1.29, 1.82) is 0 Å². The predicted molar refractivity (Wildman–Crippen MR) is 9.47 cm³/mol. The molecule has 1 nitrogen and oxygen atoms in total. The van der Waals surface area contributed by atoms with Gasteiger partial charge in [0, 0.05) is 0 Å². The number of hydrogen-bond donors (Lipinski definition) is 1. The molecule has 16 valence electrons. The minimum Gasteiger partial charge on any atom is -1.00 e. The second kappa shape index (κ2) is 24.6. The van der Waals surface area contributed by atoms with E-state index in [1.807, 2.05) is 0 Å². The SMILES string of the molecule is N.[H-].[H-].[H-].[H-].[Na+].[Na+].[Na+].[Na+]. The maximum atomic E-state index is 0. The zero-order chi connectivity index (χ0) is 0. The molecule has 0 unspecified atom stereocenters. The van der Waals surface area contributed by atoms with Gasteiger partial charge in [0.15, 0.2) is 0 Å². The molecule has 0 rings (SSSR count). The van der Waals surface area contributed by atoms with Gasteiger partial charge in [0.05, 0.1) is 0 Å². The largest absolute Gasteiger partial charge is 1.00 e. The van der Waals surface area contributed by atoms with Gasteiger partial charge < -0.3 is 11.9 Å². The molecule has 0 saturated carbocycles. The van der Waals surface area contributed by atoms with Crippen LogP contribution in [-0.2, 0) is 0 Å². The molecule has 5 heteroatoms. The molecular weight excluding hydrogens is 106 g/mol. The summed E-state index contributed by atoms with van der Waals surface area (Å²) < 4.78 is 0. The van der Waals surface area contributed by atoms with Crippen LogP contribution in [0.15, 0.2) is 0 Å². The van der Waals surface area contributed by atoms with Gasteiger partial charge >= 0.3 is 118 Å². The second-order valence-electron chi connectivity index (χ2n) is 0. The topological polar surface area (TPSA) is 35.0 Å². The van der Waals surface area contributed by atoms with E-state index in [1.165, 1.54) is 0 Å². The third-order valence-electron chi connectivity index (χ3n) is 0. The summed E-state index contributed by atoms with van der Waals surface area (Å²) in [5.74, 6) is 0. The molecule has 5 heavy (non-hydrogen) atoms. The molecule has 0 aliphatic heterocycles. The Morgan fingerprint density at radius 1 is 0.600 bits per heavy atom. The second-order valence-corrected chi connectivity index (χ2v) is 0. The number of hydrogen-bond acceptors (Lipinski definition) is 1. The van der Waals surface area contributed by atoms with Crippen molar-refractivity contribution < 1.29 is 124 Å². The van der Waals surface area contributed by atoms with Crippen LogP contribution in [0, 0.1) is 0 Å². The van der Waals surface area contributed by atoms with Crippen LogP contribution in [0.2, 0.25) is 0 Å². The van der Waals surface area contributed by atoms with Crippen molar-refractivity contribution in [3.63, 3.8) is 0 Å². The average Bonchev–Trinajstić information content (AvgIpc) is 0. The van der Waals surface area contributed by atoms with Crippen molar-refractivity contribution in [2.45, 2.75) is 0 Å². The maximum Gasteiger partial charge on any atom is 1.00 e. The van der Waals surface area contributed by atoms with Gasteiger partial charge in [-0.1, -0.05) is 0 Å². The summed E-state index contributed by atoms with van der Waals surface area (Å²) >= 11 is 0. The van der Waals surface area contributed by atoms with Crippen LogP contribution in [0.4, 0.5) is 0 Å². The molecule has 0 atom stereocenters. The molecule has 0 aliphatic rings. The maximum absolute atomic E-state index is 0. The van der Waals surface area contributed by atoms with Crippen LogP contribution < -0.4 is 124 Å². The fourth-order valence-electron chi connectivity index (χ4n) is 0. The summed E-state index contributed by atoms with van der Waals surface area (Å²) in [4.78, 5) is 0. The van der Waals surface area contributed by atoms with Crippen LogP contribution in [0.25, 0.3) is 0 Å². The third kappa shape index (κ3) is 18.0. The first-order chi connectivity index (χ1) is 0. The standard InChI is InChI=1S/H3N.4Na.4H/h1H3;;;;;;;;/q;4*+1;4*-1. The zero-order valence-corrected chi connectivity index (χ0v) is 12.7. The van der Waals surface area contributed by atoms with Crippen molar-refractivity contribution in [3.05, 3.63) is 0 Å². The molecule has 3 N–H and O–H groups in total. The van der Waals surface area contributed by atoms with Gasteiger partial charge in [-0.3, -0.25) is 0 Å². The minimum atomic E-state index is 0. The number of rotatable bonds is 0. The molecular formula is H7NNa4. The molecule has 0 aromatic heterocycles. The summed E-state index contributed by atoms with van der Waals surface area (Å²) in [6, 6.07) is 0. The Bertz CT molecular complexity index is 12.5. The molecule has 0 aromatic rings. The van der Waals surface area contributed by atoms with E-state index >= 15 is 0 Å². The first kappa shape index (κ1) is 36.2. The van der Waals surface area contributed by atoms with Crippen LogP contribution >= 0.6 is 0 Å². The fourth-order valence-corrected chi connectivity index (χ4v) is 0. The molecule has 0 amide bonds. The average molecular weight is 113 g/mol. The van der Waals surface area contributed by atoms with Gasteiger partial charge in [-0.15, -0.1) is 0 Å². The van der Waals surface area contributed by atoms with Gasteiger partial charge in [0.2, 0.25) is 0 Å². The Labute approximate surface area is 127 Å². The molecule has 0 bridgehead atoms. The van der Waals surface area contributed by atoms with Crippen molar-refractivity contribution in [3.8, 4) is 0 Å². The summed E-state index contributed by atoms with van der Waals surface area (Å²) in [6.45, 7) is 0. The molecule has 0 aromatic carbocycles. The van der Waals surface area contributed by atoms with Gasteiger partial charge in [-0.2, -0.15) is 0 Å². The summed E-state index contributed by atoms with van der Waals surface area (Å²) in [5, 5.41) is 0. The minimum absolute atomic E-state index is 0. The first-order valence-electron chi connectivity index (χ1n) is 0. The smallest absolute Gasteiger partial charge is 1.00 e. The normalized spacial score (nSPS) is 0. The summed E-state index contributed by atoms with van der Waals surface area (Å²) in [5.41, 5.74) is 0. The van der Waals surface area contributed by atoms with E-state index in [9.17, 15) is 0 Å². The third-order valence-corrected chi connectivity index (χ3v) is 0. The van der Waals surface area contributed by atoms with Crippen molar-refractivity contribution in [2.24, 2.45) is 0 Å². The van der Waals surface area contributed by atoms with Gasteiger partial charge in [0.1, 0.15) is 0 Å². The molecule has 0 spiro atoms. The van der Waals surface area contributed by atoms with E-state index in [0.29, 0.717) is 0 Å². The van der Waals surface area contributed by atoms with Gasteiger partial charge in [0.25, 0.3) is 0 Å². The Hall–Kier alpha value is 3.96. The van der Waals surface area contributed by atoms with E-state index in [0.717, 1.165) is 0 Å².